The van der Waals surface area contributed by atoms with Gasteiger partial charge in [0.1, 0.15) is 0 Å². The molecule has 0 atom stereocenters. The summed E-state index contributed by atoms with van der Waals surface area (Å²) in [5.74, 6) is -0.776. The van der Waals surface area contributed by atoms with Crippen LogP contribution < -0.4 is 0 Å². The van der Waals surface area contributed by atoms with Crippen LogP contribution in [0.25, 0.3) is 0 Å². The molecule has 7 nitrogen and oxygen atoms in total. The van der Waals surface area contributed by atoms with E-state index in [1.54, 1.807) is 77.7 Å². The zero-order valence-corrected chi connectivity index (χ0v) is 23.7. The topological polar surface area (TPSA) is 106 Å². The summed E-state index contributed by atoms with van der Waals surface area (Å²) in [7, 11) is -10.9. The average Bonchev–Trinajstić information content (AvgIpc) is 2.84. The first-order valence-electron chi connectivity index (χ1n) is 11.9. The molecule has 0 heterocycles. The molecule has 3 aromatic rings. The number of sulfone groups is 3. The molecule has 200 valence electrons. The number of rotatable bonds is 12. The summed E-state index contributed by atoms with van der Waals surface area (Å²) in [6.45, 7) is 5.60. The zero-order valence-electron chi connectivity index (χ0n) is 21.3. The highest BCUT2D eigenvalue weighted by atomic mass is 32.2. The van der Waals surface area contributed by atoms with Crippen LogP contribution in [0.4, 0.5) is 0 Å². The van der Waals surface area contributed by atoms with E-state index >= 15 is 0 Å². The molecular formula is C27H33NO6S3. The van der Waals surface area contributed by atoms with Crippen LogP contribution in [-0.2, 0) is 29.5 Å². The van der Waals surface area contributed by atoms with E-state index in [2.05, 4.69) is 0 Å². The van der Waals surface area contributed by atoms with E-state index in [9.17, 15) is 25.3 Å². The van der Waals surface area contributed by atoms with Gasteiger partial charge in [0, 0.05) is 19.6 Å². The molecular weight excluding hydrogens is 530 g/mol. The van der Waals surface area contributed by atoms with Crippen molar-refractivity contribution >= 4 is 29.5 Å². The van der Waals surface area contributed by atoms with Gasteiger partial charge in [0.15, 0.2) is 29.5 Å². The van der Waals surface area contributed by atoms with E-state index in [-0.39, 0.29) is 51.6 Å². The Balaban J connectivity index is 1.76. The van der Waals surface area contributed by atoms with Gasteiger partial charge >= 0.3 is 0 Å². The lowest BCUT2D eigenvalue weighted by Gasteiger charge is -2.22. The predicted molar refractivity (Wildman–Crippen MR) is 146 cm³/mol. The smallest absolute Gasteiger partial charge is 0.179 e. The van der Waals surface area contributed by atoms with Crippen LogP contribution in [0.2, 0.25) is 0 Å². The van der Waals surface area contributed by atoms with Crippen LogP contribution in [-0.4, -0.2) is 67.0 Å². The Morgan fingerprint density at radius 1 is 0.432 bits per heavy atom. The van der Waals surface area contributed by atoms with Crippen molar-refractivity contribution in [3.8, 4) is 0 Å². The van der Waals surface area contributed by atoms with Gasteiger partial charge in [-0.2, -0.15) is 0 Å². The maximum atomic E-state index is 12.9. The van der Waals surface area contributed by atoms with Crippen LogP contribution in [0.15, 0.2) is 87.5 Å². The van der Waals surface area contributed by atoms with Gasteiger partial charge in [-0.15, -0.1) is 0 Å². The Kier molecular flexibility index (Phi) is 9.33. The normalized spacial score (nSPS) is 12.6. The summed E-state index contributed by atoms with van der Waals surface area (Å²) in [6.07, 6.45) is 0. The molecule has 0 unspecified atom stereocenters. The molecule has 0 fully saturated rings. The molecule has 0 saturated heterocycles. The van der Waals surface area contributed by atoms with Gasteiger partial charge in [0.05, 0.1) is 31.9 Å². The predicted octanol–water partition coefficient (Wildman–Crippen LogP) is 3.64. The molecule has 3 aromatic carbocycles. The fourth-order valence-corrected chi connectivity index (χ4v) is 7.53. The monoisotopic (exact) mass is 563 g/mol. The van der Waals surface area contributed by atoms with E-state index in [4.69, 9.17) is 0 Å². The van der Waals surface area contributed by atoms with Gasteiger partial charge in [-0.25, -0.2) is 25.3 Å². The first-order chi connectivity index (χ1) is 17.3. The molecule has 10 heteroatoms. The lowest BCUT2D eigenvalue weighted by Crippen LogP contribution is -2.37. The van der Waals surface area contributed by atoms with Crippen molar-refractivity contribution < 1.29 is 25.3 Å². The Hall–Kier alpha value is -2.53. The molecule has 0 spiro atoms. The SMILES string of the molecule is Cc1ccc(S(=O)(=O)CCN(CCS(=O)(=O)c2ccc(C)cc2)CCS(=O)(=O)c2ccc(C)cc2)cc1. The van der Waals surface area contributed by atoms with Gasteiger partial charge in [-0.1, -0.05) is 53.1 Å². The minimum absolute atomic E-state index is 0.00302. The highest BCUT2D eigenvalue weighted by Gasteiger charge is 2.22. The Bertz CT molecular complexity index is 1320. The summed E-state index contributed by atoms with van der Waals surface area (Å²) in [4.78, 5) is 2.14. The maximum absolute atomic E-state index is 12.9. The van der Waals surface area contributed by atoms with Crippen molar-refractivity contribution in [2.75, 3.05) is 36.9 Å². The number of hydrogen-bond donors (Lipinski definition) is 0. The van der Waals surface area contributed by atoms with Crippen molar-refractivity contribution in [1.82, 2.24) is 4.90 Å². The minimum atomic E-state index is -3.63. The van der Waals surface area contributed by atoms with E-state index in [1.165, 1.54) is 0 Å². The standard InChI is InChI=1S/C27H33NO6S3/c1-22-4-10-25(11-5-22)35(29,30)19-16-28(17-20-36(31,32)26-12-6-23(2)7-13-26)18-21-37(33,34)27-14-8-24(3)9-15-27/h4-15H,16-21H2,1-3H3. The number of benzene rings is 3. The first kappa shape index (κ1) is 29.0. The van der Waals surface area contributed by atoms with Crippen LogP contribution in [0, 0.1) is 20.8 Å². The fourth-order valence-electron chi connectivity index (χ4n) is 3.67. The molecule has 3 rings (SSSR count). The third-order valence-electron chi connectivity index (χ3n) is 6.17. The van der Waals surface area contributed by atoms with E-state index in [1.807, 2.05) is 20.8 Å². The molecule has 0 saturated carbocycles. The van der Waals surface area contributed by atoms with Gasteiger partial charge in [-0.05, 0) is 57.2 Å². The number of aryl methyl sites for hydroxylation is 3. The van der Waals surface area contributed by atoms with Crippen molar-refractivity contribution in [3.05, 3.63) is 89.5 Å². The quantitative estimate of drug-likeness (QED) is 0.331. The summed E-state index contributed by atoms with van der Waals surface area (Å²) in [5, 5.41) is 0. The van der Waals surface area contributed by atoms with Gasteiger partial charge in [-0.3, -0.25) is 0 Å². The third-order valence-corrected chi connectivity index (χ3v) is 11.3. The van der Waals surface area contributed by atoms with Crippen molar-refractivity contribution in [2.45, 2.75) is 35.5 Å². The lowest BCUT2D eigenvalue weighted by molar-refractivity contribution is 0.323. The van der Waals surface area contributed by atoms with Crippen LogP contribution >= 0.6 is 0 Å². The first-order valence-corrected chi connectivity index (χ1v) is 16.8. The van der Waals surface area contributed by atoms with Crippen molar-refractivity contribution in [2.24, 2.45) is 0 Å². The summed E-state index contributed by atoms with van der Waals surface area (Å²) >= 11 is 0. The van der Waals surface area contributed by atoms with Gasteiger partial charge < -0.3 is 4.90 Å². The second kappa shape index (κ2) is 11.9. The summed E-state index contributed by atoms with van der Waals surface area (Å²) in [5.41, 5.74) is 2.80. The molecule has 0 amide bonds. The summed E-state index contributed by atoms with van der Waals surface area (Å²) < 4.78 is 77.4. The average molecular weight is 564 g/mol. The maximum Gasteiger partial charge on any atom is 0.179 e. The number of nitrogens with zero attached hydrogens (tertiary/aromatic N) is 1. The molecule has 0 aliphatic carbocycles. The van der Waals surface area contributed by atoms with Crippen molar-refractivity contribution in [3.63, 3.8) is 0 Å². The molecule has 0 aliphatic rings. The molecule has 0 aliphatic heterocycles. The van der Waals surface area contributed by atoms with Gasteiger partial charge in [0.25, 0.3) is 0 Å². The van der Waals surface area contributed by atoms with E-state index in [0.29, 0.717) is 0 Å². The van der Waals surface area contributed by atoms with E-state index < -0.39 is 29.5 Å². The second-order valence-electron chi connectivity index (χ2n) is 9.24. The largest absolute Gasteiger partial charge is 0.300 e. The lowest BCUT2D eigenvalue weighted by atomic mass is 10.2. The third kappa shape index (κ3) is 8.23. The van der Waals surface area contributed by atoms with Gasteiger partial charge in [0.2, 0.25) is 0 Å². The molecule has 0 bridgehead atoms. The Morgan fingerprint density at radius 3 is 0.865 bits per heavy atom. The molecule has 37 heavy (non-hydrogen) atoms. The van der Waals surface area contributed by atoms with Crippen LogP contribution in [0.5, 0.6) is 0 Å². The molecule has 0 aromatic heterocycles. The van der Waals surface area contributed by atoms with E-state index in [0.717, 1.165) is 16.7 Å². The van der Waals surface area contributed by atoms with Crippen LogP contribution in [0.1, 0.15) is 16.7 Å². The molecule has 0 N–H and O–H groups in total. The minimum Gasteiger partial charge on any atom is -0.300 e. The fraction of sp³-hybridized carbons (Fsp3) is 0.333. The van der Waals surface area contributed by atoms with Crippen molar-refractivity contribution in [1.29, 1.82) is 0 Å². The number of hydrogen-bond acceptors (Lipinski definition) is 7. The highest BCUT2D eigenvalue weighted by molar-refractivity contribution is 7.92. The Morgan fingerprint density at radius 2 is 0.649 bits per heavy atom. The molecule has 0 radical (unpaired) electrons. The summed E-state index contributed by atoms with van der Waals surface area (Å²) in [6, 6.07) is 19.5. The Labute approximate surface area is 220 Å². The highest BCUT2D eigenvalue weighted by Crippen LogP contribution is 2.16. The van der Waals surface area contributed by atoms with Crippen LogP contribution in [0.3, 0.4) is 0 Å². The second-order valence-corrected chi connectivity index (χ2v) is 15.6. The zero-order chi connectivity index (χ0) is 27.3.